The number of aromatic carboxylic acids is 1. The van der Waals surface area contributed by atoms with Gasteiger partial charge in [0.05, 0.1) is 11.9 Å². The van der Waals surface area contributed by atoms with Crippen molar-refractivity contribution in [3.63, 3.8) is 0 Å². The number of hydrogen-bond donors (Lipinski definition) is 2. The van der Waals surface area contributed by atoms with Crippen LogP contribution in [0.5, 0.6) is 0 Å². The molecule has 2 rings (SSSR count). The van der Waals surface area contributed by atoms with Crippen LogP contribution in [-0.2, 0) is 0 Å². The molecule has 0 bridgehead atoms. The summed E-state index contributed by atoms with van der Waals surface area (Å²) in [4.78, 5) is 19.5. The van der Waals surface area contributed by atoms with E-state index in [2.05, 4.69) is 15.3 Å². The standard InChI is InChI=1S/C13H19N3O2/c1-8(2)12-15-7-10(11(16-12)13(17)18)14-6-9-4-3-5-9/h7-9,14H,3-6H2,1-2H3,(H,17,18). The number of carboxylic acids is 1. The highest BCUT2D eigenvalue weighted by Gasteiger charge is 2.19. The number of aromatic nitrogens is 2. The molecule has 5 nitrogen and oxygen atoms in total. The quantitative estimate of drug-likeness (QED) is 0.838. The Morgan fingerprint density at radius 1 is 1.56 bits per heavy atom. The zero-order valence-electron chi connectivity index (χ0n) is 10.8. The van der Waals surface area contributed by atoms with Gasteiger partial charge in [0.15, 0.2) is 5.69 Å². The van der Waals surface area contributed by atoms with E-state index >= 15 is 0 Å². The first-order chi connectivity index (χ1) is 8.58. The summed E-state index contributed by atoms with van der Waals surface area (Å²) in [6.45, 7) is 4.70. The van der Waals surface area contributed by atoms with Crippen LogP contribution in [0.2, 0.25) is 0 Å². The van der Waals surface area contributed by atoms with Crippen LogP contribution in [0.3, 0.4) is 0 Å². The van der Waals surface area contributed by atoms with Crippen LogP contribution in [0.25, 0.3) is 0 Å². The number of rotatable bonds is 5. The molecule has 0 aliphatic heterocycles. The van der Waals surface area contributed by atoms with Gasteiger partial charge in [-0.15, -0.1) is 0 Å². The maximum absolute atomic E-state index is 11.2. The highest BCUT2D eigenvalue weighted by molar-refractivity contribution is 5.91. The lowest BCUT2D eigenvalue weighted by Crippen LogP contribution is -2.22. The number of hydrogen-bond acceptors (Lipinski definition) is 4. The van der Waals surface area contributed by atoms with Gasteiger partial charge in [-0.25, -0.2) is 14.8 Å². The summed E-state index contributed by atoms with van der Waals surface area (Å²) >= 11 is 0. The normalized spacial score (nSPS) is 15.5. The molecule has 1 aliphatic carbocycles. The van der Waals surface area contributed by atoms with Gasteiger partial charge in [-0.05, 0) is 18.8 Å². The number of anilines is 1. The molecular weight excluding hydrogens is 230 g/mol. The zero-order chi connectivity index (χ0) is 13.1. The van der Waals surface area contributed by atoms with Gasteiger partial charge in [0.25, 0.3) is 0 Å². The molecule has 0 aromatic carbocycles. The van der Waals surface area contributed by atoms with Crippen molar-refractivity contribution in [1.82, 2.24) is 9.97 Å². The van der Waals surface area contributed by atoms with Crippen molar-refractivity contribution in [2.24, 2.45) is 5.92 Å². The summed E-state index contributed by atoms with van der Waals surface area (Å²) < 4.78 is 0. The van der Waals surface area contributed by atoms with E-state index in [0.717, 1.165) is 6.54 Å². The van der Waals surface area contributed by atoms with Crippen molar-refractivity contribution in [2.75, 3.05) is 11.9 Å². The fraction of sp³-hybridized carbons (Fsp3) is 0.615. The second-order valence-corrected chi connectivity index (χ2v) is 5.13. The van der Waals surface area contributed by atoms with Gasteiger partial charge in [-0.3, -0.25) is 0 Å². The monoisotopic (exact) mass is 249 g/mol. The molecule has 1 fully saturated rings. The molecular formula is C13H19N3O2. The maximum Gasteiger partial charge on any atom is 0.356 e. The van der Waals surface area contributed by atoms with Crippen molar-refractivity contribution in [1.29, 1.82) is 0 Å². The minimum absolute atomic E-state index is 0.0769. The SMILES string of the molecule is CC(C)c1ncc(NCC2CCC2)c(C(=O)O)n1. The average Bonchev–Trinajstić information content (AvgIpc) is 2.26. The lowest BCUT2D eigenvalue weighted by molar-refractivity contribution is 0.0691. The molecule has 1 saturated carbocycles. The summed E-state index contributed by atoms with van der Waals surface area (Å²) in [7, 11) is 0. The third kappa shape index (κ3) is 2.78. The Balaban J connectivity index is 2.14. The van der Waals surface area contributed by atoms with E-state index in [1.807, 2.05) is 13.8 Å². The Labute approximate surface area is 107 Å². The number of nitrogens with one attached hydrogen (secondary N) is 1. The smallest absolute Gasteiger partial charge is 0.356 e. The fourth-order valence-corrected chi connectivity index (χ4v) is 1.92. The van der Waals surface area contributed by atoms with Crippen molar-refractivity contribution in [3.8, 4) is 0 Å². The molecule has 5 heteroatoms. The van der Waals surface area contributed by atoms with Crippen LogP contribution in [0, 0.1) is 5.92 Å². The number of nitrogens with zero attached hydrogens (tertiary/aromatic N) is 2. The third-order valence-corrected chi connectivity index (χ3v) is 3.33. The van der Waals surface area contributed by atoms with Gasteiger partial charge in [-0.1, -0.05) is 20.3 Å². The molecule has 18 heavy (non-hydrogen) atoms. The Morgan fingerprint density at radius 3 is 2.78 bits per heavy atom. The molecule has 0 amide bonds. The minimum atomic E-state index is -1.00. The van der Waals surface area contributed by atoms with Gasteiger partial charge >= 0.3 is 5.97 Å². The molecule has 1 aromatic rings. The first-order valence-corrected chi connectivity index (χ1v) is 6.42. The molecule has 0 spiro atoms. The molecule has 98 valence electrons. The topological polar surface area (TPSA) is 75.1 Å². The average molecular weight is 249 g/mol. The van der Waals surface area contributed by atoms with Gasteiger partial charge < -0.3 is 10.4 Å². The van der Waals surface area contributed by atoms with Crippen molar-refractivity contribution in [2.45, 2.75) is 39.0 Å². The third-order valence-electron chi connectivity index (χ3n) is 3.33. The lowest BCUT2D eigenvalue weighted by Gasteiger charge is -2.26. The van der Waals surface area contributed by atoms with Crippen LogP contribution >= 0.6 is 0 Å². The second-order valence-electron chi connectivity index (χ2n) is 5.13. The summed E-state index contributed by atoms with van der Waals surface area (Å²) in [6, 6.07) is 0. The second kappa shape index (κ2) is 5.33. The highest BCUT2D eigenvalue weighted by Crippen LogP contribution is 2.27. The zero-order valence-corrected chi connectivity index (χ0v) is 10.8. The number of carbonyl (C=O) groups is 1. The van der Waals surface area contributed by atoms with E-state index in [1.165, 1.54) is 19.3 Å². The van der Waals surface area contributed by atoms with Gasteiger partial charge in [0.2, 0.25) is 0 Å². The van der Waals surface area contributed by atoms with Crippen molar-refractivity contribution in [3.05, 3.63) is 17.7 Å². The van der Waals surface area contributed by atoms with Crippen LogP contribution in [0.1, 0.15) is 55.3 Å². The van der Waals surface area contributed by atoms with E-state index in [4.69, 9.17) is 0 Å². The van der Waals surface area contributed by atoms with Gasteiger partial charge in [0, 0.05) is 12.5 Å². The molecule has 1 aromatic heterocycles. The first kappa shape index (κ1) is 12.8. The minimum Gasteiger partial charge on any atom is -0.476 e. The predicted octanol–water partition coefficient (Wildman–Crippen LogP) is 2.51. The van der Waals surface area contributed by atoms with E-state index in [9.17, 15) is 9.90 Å². The molecule has 1 aliphatic rings. The lowest BCUT2D eigenvalue weighted by atomic mass is 9.85. The molecule has 1 heterocycles. The van der Waals surface area contributed by atoms with Gasteiger partial charge in [-0.2, -0.15) is 0 Å². The predicted molar refractivity (Wildman–Crippen MR) is 68.9 cm³/mol. The van der Waals surface area contributed by atoms with E-state index in [0.29, 0.717) is 17.4 Å². The largest absolute Gasteiger partial charge is 0.476 e. The maximum atomic E-state index is 11.2. The van der Waals surface area contributed by atoms with Crippen LogP contribution in [0.15, 0.2) is 6.20 Å². The summed E-state index contributed by atoms with van der Waals surface area (Å²) in [6.07, 6.45) is 5.31. The van der Waals surface area contributed by atoms with Crippen LogP contribution in [-0.4, -0.2) is 27.6 Å². The highest BCUT2D eigenvalue weighted by atomic mass is 16.4. The summed E-state index contributed by atoms with van der Waals surface area (Å²) in [5.74, 6) is 0.359. The van der Waals surface area contributed by atoms with E-state index in [-0.39, 0.29) is 11.6 Å². The van der Waals surface area contributed by atoms with Crippen LogP contribution in [0.4, 0.5) is 5.69 Å². The number of carboxylic acid groups (broad SMARTS) is 1. The van der Waals surface area contributed by atoms with Crippen LogP contribution < -0.4 is 5.32 Å². The Morgan fingerprint density at radius 2 is 2.28 bits per heavy atom. The van der Waals surface area contributed by atoms with Crippen molar-refractivity contribution < 1.29 is 9.90 Å². The van der Waals surface area contributed by atoms with E-state index < -0.39 is 5.97 Å². The Hall–Kier alpha value is -1.65. The first-order valence-electron chi connectivity index (χ1n) is 6.42. The molecule has 0 atom stereocenters. The Bertz CT molecular complexity index is 442. The summed E-state index contributed by atoms with van der Waals surface area (Å²) in [5.41, 5.74) is 0.604. The van der Waals surface area contributed by atoms with Crippen molar-refractivity contribution >= 4 is 11.7 Å². The Kier molecular flexibility index (Phi) is 3.79. The molecule has 2 N–H and O–H groups in total. The van der Waals surface area contributed by atoms with E-state index in [1.54, 1.807) is 6.20 Å². The fourth-order valence-electron chi connectivity index (χ4n) is 1.92. The molecule has 0 radical (unpaired) electrons. The molecule has 0 unspecified atom stereocenters. The van der Waals surface area contributed by atoms with Gasteiger partial charge in [0.1, 0.15) is 5.82 Å². The molecule has 0 saturated heterocycles. The summed E-state index contributed by atoms with van der Waals surface area (Å²) in [5, 5.41) is 12.3.